The van der Waals surface area contributed by atoms with Crippen molar-refractivity contribution >= 4 is 74.5 Å². The largest absolute Gasteiger partial charge is 0.497 e. The van der Waals surface area contributed by atoms with E-state index in [0.29, 0.717) is 0 Å². The fourth-order valence-electron chi connectivity index (χ4n) is 4.84. The lowest BCUT2D eigenvalue weighted by Gasteiger charge is -2.13. The van der Waals surface area contributed by atoms with Gasteiger partial charge in [0.05, 0.1) is 7.11 Å². The molecule has 0 amide bonds. The zero-order valence-corrected chi connectivity index (χ0v) is 19.0. The highest BCUT2D eigenvalue weighted by Crippen LogP contribution is 2.43. The van der Waals surface area contributed by atoms with E-state index in [-0.39, 0.29) is 0 Å². The summed E-state index contributed by atoms with van der Waals surface area (Å²) in [6.07, 6.45) is 0. The van der Waals surface area contributed by atoms with Crippen molar-refractivity contribution in [3.8, 4) is 16.9 Å². The molecule has 0 aliphatic carbocycles. The van der Waals surface area contributed by atoms with E-state index < -0.39 is 0 Å². The summed E-state index contributed by atoms with van der Waals surface area (Å²) in [7, 11) is 1.71. The van der Waals surface area contributed by atoms with Gasteiger partial charge in [0, 0.05) is 24.9 Å². The Balaban J connectivity index is 1.66. The van der Waals surface area contributed by atoms with Gasteiger partial charge in [-0.25, -0.2) is 0 Å². The summed E-state index contributed by atoms with van der Waals surface area (Å²) in [5.74, 6) is 0.880. The van der Waals surface area contributed by atoms with E-state index in [0.717, 1.165) is 5.75 Å². The minimum atomic E-state index is 0.880. The summed E-state index contributed by atoms with van der Waals surface area (Å²) >= 11 is 3.69. The number of hydrogen-bond donors (Lipinski definition) is 0. The molecule has 0 aliphatic rings. The van der Waals surface area contributed by atoms with Crippen LogP contribution in [-0.4, -0.2) is 7.11 Å². The second-order valence-electron chi connectivity index (χ2n) is 8.18. The molecule has 0 saturated carbocycles. The normalized spacial score (nSPS) is 11.9. The van der Waals surface area contributed by atoms with Gasteiger partial charge in [-0.3, -0.25) is 0 Å². The number of benzene rings is 5. The third-order valence-corrected chi connectivity index (χ3v) is 8.44. The molecule has 7 aromatic rings. The van der Waals surface area contributed by atoms with Crippen LogP contribution in [0.3, 0.4) is 0 Å². The molecular formula is C29H18OS2. The number of ether oxygens (including phenoxy) is 1. The number of methoxy groups -OCH3 is 1. The van der Waals surface area contributed by atoms with Crippen LogP contribution >= 0.6 is 22.7 Å². The van der Waals surface area contributed by atoms with Crippen molar-refractivity contribution < 1.29 is 4.74 Å². The Morgan fingerprint density at radius 3 is 2.34 bits per heavy atom. The van der Waals surface area contributed by atoms with Crippen molar-refractivity contribution in [3.05, 3.63) is 90.3 Å². The van der Waals surface area contributed by atoms with Gasteiger partial charge in [-0.2, -0.15) is 0 Å². The Morgan fingerprint density at radius 1 is 0.594 bits per heavy atom. The van der Waals surface area contributed by atoms with E-state index in [1.807, 2.05) is 23.5 Å². The van der Waals surface area contributed by atoms with Gasteiger partial charge in [-0.15, -0.1) is 22.7 Å². The van der Waals surface area contributed by atoms with Crippen molar-refractivity contribution in [2.45, 2.75) is 0 Å². The van der Waals surface area contributed by atoms with Gasteiger partial charge in [0.15, 0.2) is 0 Å². The van der Waals surface area contributed by atoms with Crippen LogP contribution in [0.25, 0.3) is 62.9 Å². The molecule has 3 heteroatoms. The molecule has 0 atom stereocenters. The highest BCUT2D eigenvalue weighted by molar-refractivity contribution is 7.25. The van der Waals surface area contributed by atoms with E-state index in [4.69, 9.17) is 4.74 Å². The lowest BCUT2D eigenvalue weighted by molar-refractivity contribution is 0.415. The summed E-state index contributed by atoms with van der Waals surface area (Å²) in [4.78, 5) is 0. The fourth-order valence-corrected chi connectivity index (χ4v) is 6.78. The Morgan fingerprint density at radius 2 is 1.47 bits per heavy atom. The van der Waals surface area contributed by atoms with Crippen LogP contribution in [0.15, 0.2) is 90.3 Å². The summed E-state index contributed by atoms with van der Waals surface area (Å²) in [5.41, 5.74) is 2.48. The maximum absolute atomic E-state index is 5.40. The molecule has 0 radical (unpaired) electrons. The summed E-state index contributed by atoms with van der Waals surface area (Å²) in [6.45, 7) is 0. The smallest absolute Gasteiger partial charge is 0.118 e. The third kappa shape index (κ3) is 2.62. The first kappa shape index (κ1) is 18.2. The SMILES string of the molecule is COc1ccc(-c2cc3cc4sccc4cc3c3cc4sc5ccccc5c4cc23)cc1. The van der Waals surface area contributed by atoms with Crippen LogP contribution < -0.4 is 4.74 Å². The second-order valence-corrected chi connectivity index (χ2v) is 10.2. The lowest BCUT2D eigenvalue weighted by Crippen LogP contribution is -1.86. The molecule has 5 aromatic carbocycles. The Kier molecular flexibility index (Phi) is 3.87. The van der Waals surface area contributed by atoms with E-state index >= 15 is 0 Å². The molecule has 2 aromatic heterocycles. The lowest BCUT2D eigenvalue weighted by atomic mass is 9.92. The molecule has 32 heavy (non-hydrogen) atoms. The first-order valence-electron chi connectivity index (χ1n) is 10.6. The first-order valence-corrected chi connectivity index (χ1v) is 12.3. The molecule has 0 fully saturated rings. The van der Waals surface area contributed by atoms with Crippen LogP contribution in [0.5, 0.6) is 5.75 Å². The Hall–Kier alpha value is -3.40. The second kappa shape index (κ2) is 6.80. The van der Waals surface area contributed by atoms with Gasteiger partial charge in [0.1, 0.15) is 5.75 Å². The standard InChI is InChI=1S/C29H18OS2/c1-30-20-8-6-17(7-9-20)22-13-19-14-28-18(10-11-31-28)12-23(19)25-16-29-26(15-24(22)25)21-4-2-3-5-27(21)32-29/h2-16H,1H3. The monoisotopic (exact) mass is 446 g/mol. The van der Waals surface area contributed by atoms with Crippen LogP contribution in [-0.2, 0) is 0 Å². The molecule has 7 rings (SSSR count). The van der Waals surface area contributed by atoms with E-state index in [9.17, 15) is 0 Å². The van der Waals surface area contributed by atoms with Crippen molar-refractivity contribution in [1.29, 1.82) is 0 Å². The van der Waals surface area contributed by atoms with Crippen molar-refractivity contribution in [2.75, 3.05) is 7.11 Å². The van der Waals surface area contributed by atoms with E-state index in [2.05, 4.69) is 78.2 Å². The van der Waals surface area contributed by atoms with Crippen LogP contribution in [0.1, 0.15) is 0 Å². The van der Waals surface area contributed by atoms with Gasteiger partial charge in [-0.1, -0.05) is 30.3 Å². The first-order chi connectivity index (χ1) is 15.8. The predicted octanol–water partition coefficient (Wildman–Crippen LogP) is 9.25. The van der Waals surface area contributed by atoms with Crippen LogP contribution in [0.2, 0.25) is 0 Å². The van der Waals surface area contributed by atoms with E-state index in [1.165, 1.54) is 62.9 Å². The molecule has 0 saturated heterocycles. The van der Waals surface area contributed by atoms with Crippen molar-refractivity contribution in [2.24, 2.45) is 0 Å². The molecular weight excluding hydrogens is 428 g/mol. The minimum absolute atomic E-state index is 0.880. The van der Waals surface area contributed by atoms with E-state index in [1.54, 1.807) is 18.4 Å². The molecule has 0 unspecified atom stereocenters. The van der Waals surface area contributed by atoms with Gasteiger partial charge in [0.25, 0.3) is 0 Å². The molecule has 152 valence electrons. The topological polar surface area (TPSA) is 9.23 Å². The highest BCUT2D eigenvalue weighted by atomic mass is 32.1. The number of fused-ring (bicyclic) bond motifs is 7. The molecule has 0 aliphatic heterocycles. The molecule has 0 N–H and O–H groups in total. The number of thiophene rings is 2. The number of rotatable bonds is 2. The molecule has 2 heterocycles. The van der Waals surface area contributed by atoms with Gasteiger partial charge >= 0.3 is 0 Å². The average Bonchev–Trinajstić information content (AvgIpc) is 3.44. The van der Waals surface area contributed by atoms with Gasteiger partial charge in [-0.05, 0) is 98.0 Å². The third-order valence-electron chi connectivity index (χ3n) is 6.42. The minimum Gasteiger partial charge on any atom is -0.497 e. The zero-order valence-electron chi connectivity index (χ0n) is 17.4. The van der Waals surface area contributed by atoms with Crippen LogP contribution in [0.4, 0.5) is 0 Å². The summed E-state index contributed by atoms with van der Waals surface area (Å²) in [6, 6.07) is 31.3. The maximum atomic E-state index is 5.40. The molecule has 1 nitrogen and oxygen atoms in total. The van der Waals surface area contributed by atoms with Gasteiger partial charge in [0.2, 0.25) is 0 Å². The fraction of sp³-hybridized carbons (Fsp3) is 0.0345. The average molecular weight is 447 g/mol. The van der Waals surface area contributed by atoms with Crippen LogP contribution in [0, 0.1) is 0 Å². The van der Waals surface area contributed by atoms with Crippen molar-refractivity contribution in [1.82, 2.24) is 0 Å². The Labute approximate surface area is 193 Å². The highest BCUT2D eigenvalue weighted by Gasteiger charge is 2.14. The quantitative estimate of drug-likeness (QED) is 0.240. The molecule has 0 spiro atoms. The number of hydrogen-bond acceptors (Lipinski definition) is 3. The summed E-state index contributed by atoms with van der Waals surface area (Å²) < 4.78 is 9.42. The Bertz CT molecular complexity index is 1800. The summed E-state index contributed by atoms with van der Waals surface area (Å²) in [5, 5.41) is 11.4. The predicted molar refractivity (Wildman–Crippen MR) is 142 cm³/mol. The molecule has 0 bridgehead atoms. The maximum Gasteiger partial charge on any atom is 0.118 e. The zero-order chi connectivity index (χ0) is 21.2. The van der Waals surface area contributed by atoms with Gasteiger partial charge < -0.3 is 4.74 Å². The van der Waals surface area contributed by atoms with Crippen molar-refractivity contribution in [3.63, 3.8) is 0 Å².